The molecule has 4 heteroatoms. The van der Waals surface area contributed by atoms with Crippen molar-refractivity contribution < 1.29 is 0 Å². The van der Waals surface area contributed by atoms with Crippen LogP contribution in [0.3, 0.4) is 0 Å². The highest BCUT2D eigenvalue weighted by Gasteiger charge is 1.97. The molecule has 0 amide bonds. The second kappa shape index (κ2) is 10.8. The Kier molecular flexibility index (Phi) is 9.03. The first-order chi connectivity index (χ1) is 10.7. The zero-order valence-electron chi connectivity index (χ0n) is 11.9. The van der Waals surface area contributed by atoms with Crippen LogP contribution in [-0.4, -0.2) is 0 Å². The van der Waals surface area contributed by atoms with Gasteiger partial charge in [-0.05, 0) is 68.5 Å². The van der Waals surface area contributed by atoms with E-state index in [-0.39, 0.29) is 0 Å². The topological polar surface area (TPSA) is 0 Å². The molecule has 0 aliphatic rings. The molecule has 0 saturated carbocycles. The summed E-state index contributed by atoms with van der Waals surface area (Å²) in [6, 6.07) is 21.2. The van der Waals surface area contributed by atoms with E-state index in [4.69, 9.17) is 0 Å². The van der Waals surface area contributed by atoms with E-state index >= 15 is 0 Å². The molecule has 0 aliphatic carbocycles. The van der Waals surface area contributed by atoms with E-state index in [1.165, 1.54) is 17.0 Å². The van der Waals surface area contributed by atoms with Crippen molar-refractivity contribution >= 4 is 68.7 Å². The van der Waals surface area contributed by atoms with Crippen molar-refractivity contribution in [2.24, 2.45) is 0 Å². The second-order valence-corrected chi connectivity index (χ2v) is 10.3. The van der Waals surface area contributed by atoms with Crippen LogP contribution in [0.15, 0.2) is 78.6 Å². The lowest BCUT2D eigenvalue weighted by Crippen LogP contribution is -1.78. The first kappa shape index (κ1) is 18.4. The van der Waals surface area contributed by atoms with Gasteiger partial charge in [-0.1, -0.05) is 60.7 Å². The smallest absolute Gasteiger partial charge is 0.0461 e. The van der Waals surface area contributed by atoms with Gasteiger partial charge in [-0.2, -0.15) is 0 Å². The predicted molar refractivity (Wildman–Crippen MR) is 120 cm³/mol. The highest BCUT2D eigenvalue weighted by molar-refractivity contribution is 14.1. The van der Waals surface area contributed by atoms with Gasteiger partial charge in [0, 0.05) is 17.3 Å². The van der Waals surface area contributed by atoms with E-state index < -0.39 is 0 Å². The third kappa shape index (κ3) is 7.57. The van der Waals surface area contributed by atoms with E-state index in [1.54, 1.807) is 0 Å². The van der Waals surface area contributed by atoms with Gasteiger partial charge in [-0.25, -0.2) is 0 Å². The molecule has 0 radical (unpaired) electrons. The Bertz CT molecular complexity index is 565. The van der Waals surface area contributed by atoms with Gasteiger partial charge >= 0.3 is 0 Å². The van der Waals surface area contributed by atoms with Crippen LogP contribution in [0.2, 0.25) is 0 Å². The minimum absolute atomic E-state index is 1.02. The Morgan fingerprint density at radius 1 is 0.682 bits per heavy atom. The molecule has 0 nitrogen and oxygen atoms in total. The zero-order chi connectivity index (χ0) is 15.6. The molecular formula is C18H16I2S2. The van der Waals surface area contributed by atoms with Crippen molar-refractivity contribution in [2.45, 2.75) is 11.5 Å². The number of allylic oxidation sites excluding steroid dienone is 2. The largest absolute Gasteiger partial charge is 0.115 e. The predicted octanol–water partition coefficient (Wildman–Crippen LogP) is 7.41. The van der Waals surface area contributed by atoms with Crippen LogP contribution in [0.1, 0.15) is 11.1 Å². The van der Waals surface area contributed by atoms with Gasteiger partial charge in [0.1, 0.15) is 0 Å². The van der Waals surface area contributed by atoms with Crippen LogP contribution in [0.5, 0.6) is 0 Å². The fourth-order valence-corrected chi connectivity index (χ4v) is 4.30. The number of thioether (sulfide) groups is 2. The molecule has 0 atom stereocenters. The lowest BCUT2D eigenvalue weighted by molar-refractivity contribution is 1.42. The van der Waals surface area contributed by atoms with E-state index in [0.717, 1.165) is 11.5 Å². The van der Waals surface area contributed by atoms with Crippen molar-refractivity contribution in [3.8, 4) is 0 Å². The third-order valence-corrected chi connectivity index (χ3v) is 7.15. The lowest BCUT2D eigenvalue weighted by Gasteiger charge is -2.01. The minimum atomic E-state index is 1.02. The summed E-state index contributed by atoms with van der Waals surface area (Å²) in [5, 5.41) is 0. The summed E-state index contributed by atoms with van der Waals surface area (Å²) >= 11 is 8.57. The SMILES string of the molecule is IC(=CC=C(I)SCc1ccccc1)SCc1ccccc1. The van der Waals surface area contributed by atoms with E-state index in [9.17, 15) is 0 Å². The maximum absolute atomic E-state index is 2.41. The molecule has 0 spiro atoms. The summed E-state index contributed by atoms with van der Waals surface area (Å²) in [4.78, 5) is 0. The van der Waals surface area contributed by atoms with Crippen molar-refractivity contribution in [3.05, 3.63) is 89.8 Å². The normalized spacial score (nSPS) is 12.5. The Hall–Kier alpha value is 0.0800. The second-order valence-electron chi connectivity index (χ2n) is 4.49. The molecular weight excluding hydrogens is 534 g/mol. The molecule has 2 aromatic rings. The van der Waals surface area contributed by atoms with Crippen molar-refractivity contribution in [1.82, 2.24) is 0 Å². The molecule has 0 aromatic heterocycles. The maximum Gasteiger partial charge on any atom is 0.0461 e. The average Bonchev–Trinajstić information content (AvgIpc) is 2.58. The van der Waals surface area contributed by atoms with Crippen LogP contribution in [-0.2, 0) is 11.5 Å². The lowest BCUT2D eigenvalue weighted by atomic mass is 10.2. The zero-order valence-corrected chi connectivity index (χ0v) is 17.9. The quantitative estimate of drug-likeness (QED) is 0.260. The summed E-state index contributed by atoms with van der Waals surface area (Å²) in [7, 11) is 0. The van der Waals surface area contributed by atoms with Gasteiger partial charge in [0.25, 0.3) is 0 Å². The Labute approximate surface area is 168 Å². The highest BCUT2D eigenvalue weighted by atomic mass is 127. The minimum Gasteiger partial charge on any atom is -0.115 e. The van der Waals surface area contributed by atoms with E-state index in [2.05, 4.69) is 118 Å². The Balaban J connectivity index is 1.78. The fourth-order valence-electron chi connectivity index (χ4n) is 1.68. The standard InChI is InChI=1S/C18H16I2S2/c19-17(21-13-15-7-3-1-4-8-15)11-12-18(20)22-14-16-9-5-2-6-10-16/h1-12H,13-14H2. The molecule has 0 N–H and O–H groups in total. The number of rotatable bonds is 7. The fraction of sp³-hybridized carbons (Fsp3) is 0.111. The van der Waals surface area contributed by atoms with Crippen LogP contribution in [0, 0.1) is 0 Å². The molecule has 0 aliphatic heterocycles. The van der Waals surface area contributed by atoms with Gasteiger partial charge < -0.3 is 0 Å². The van der Waals surface area contributed by atoms with Gasteiger partial charge in [0.15, 0.2) is 0 Å². The van der Waals surface area contributed by atoms with Crippen LogP contribution in [0.25, 0.3) is 0 Å². The highest BCUT2D eigenvalue weighted by Crippen LogP contribution is 2.30. The van der Waals surface area contributed by atoms with Crippen LogP contribution < -0.4 is 0 Å². The monoisotopic (exact) mass is 550 g/mol. The molecule has 0 bridgehead atoms. The Morgan fingerprint density at radius 3 is 1.41 bits per heavy atom. The van der Waals surface area contributed by atoms with Gasteiger partial charge in [0.2, 0.25) is 0 Å². The number of hydrogen-bond acceptors (Lipinski definition) is 2. The van der Waals surface area contributed by atoms with E-state index in [0.29, 0.717) is 0 Å². The molecule has 0 unspecified atom stereocenters. The summed E-state index contributed by atoms with van der Waals surface area (Å²) in [5.41, 5.74) is 2.74. The van der Waals surface area contributed by atoms with Crippen molar-refractivity contribution in [3.63, 3.8) is 0 Å². The molecule has 22 heavy (non-hydrogen) atoms. The van der Waals surface area contributed by atoms with E-state index in [1.807, 2.05) is 23.5 Å². The molecule has 0 saturated heterocycles. The number of halogens is 2. The molecule has 114 valence electrons. The van der Waals surface area contributed by atoms with Crippen LogP contribution >= 0.6 is 68.7 Å². The van der Waals surface area contributed by atoms with Gasteiger partial charge in [-0.3, -0.25) is 0 Å². The Morgan fingerprint density at radius 2 is 1.05 bits per heavy atom. The molecule has 2 aromatic carbocycles. The summed E-state index contributed by atoms with van der Waals surface area (Å²) in [6.45, 7) is 0. The summed E-state index contributed by atoms with van der Waals surface area (Å²) in [6.07, 6.45) is 4.40. The van der Waals surface area contributed by atoms with Gasteiger partial charge in [-0.15, -0.1) is 23.5 Å². The average molecular weight is 550 g/mol. The van der Waals surface area contributed by atoms with Crippen LogP contribution in [0.4, 0.5) is 0 Å². The van der Waals surface area contributed by atoms with Gasteiger partial charge in [0.05, 0.1) is 0 Å². The molecule has 0 heterocycles. The van der Waals surface area contributed by atoms with Crippen molar-refractivity contribution in [2.75, 3.05) is 0 Å². The summed E-state index contributed by atoms with van der Waals surface area (Å²) < 4.78 is 2.63. The third-order valence-electron chi connectivity index (χ3n) is 2.78. The first-order valence-electron chi connectivity index (χ1n) is 6.80. The molecule has 2 rings (SSSR count). The van der Waals surface area contributed by atoms with Crippen molar-refractivity contribution in [1.29, 1.82) is 0 Å². The maximum atomic E-state index is 2.41. The molecule has 0 fully saturated rings. The number of hydrogen-bond donors (Lipinski definition) is 0. The first-order valence-corrected chi connectivity index (χ1v) is 10.9. The summed E-state index contributed by atoms with van der Waals surface area (Å²) in [5.74, 6) is 2.05. The number of benzene rings is 2.